The topological polar surface area (TPSA) is 28.2 Å². The number of hydrogen-bond donors (Lipinski definition) is 1. The zero-order chi connectivity index (χ0) is 13.8. The lowest BCUT2D eigenvalue weighted by Gasteiger charge is -2.24. The van der Waals surface area contributed by atoms with E-state index < -0.39 is 0 Å². The maximum atomic E-state index is 4.52. The highest BCUT2D eigenvalue weighted by Crippen LogP contribution is 2.11. The molecular weight excluding hydrogens is 222 g/mol. The smallest absolute Gasteiger partial charge is 0.0588 e. The highest BCUT2D eigenvalue weighted by Gasteiger charge is 2.12. The molecule has 0 radical (unpaired) electrons. The van der Waals surface area contributed by atoms with Gasteiger partial charge in [-0.05, 0) is 53.3 Å². The lowest BCUT2D eigenvalue weighted by molar-refractivity contribution is 0.261. The molecule has 0 aliphatic heterocycles. The van der Waals surface area contributed by atoms with Gasteiger partial charge in [0.25, 0.3) is 0 Å². The van der Waals surface area contributed by atoms with E-state index >= 15 is 0 Å². The third-order valence-electron chi connectivity index (χ3n) is 3.07. The van der Waals surface area contributed by atoms with E-state index in [-0.39, 0.29) is 5.54 Å². The molecule has 0 aliphatic rings. The van der Waals surface area contributed by atoms with Gasteiger partial charge in [-0.1, -0.05) is 6.07 Å². The van der Waals surface area contributed by atoms with Crippen LogP contribution in [-0.2, 0) is 13.1 Å². The minimum Gasteiger partial charge on any atom is -0.308 e. The van der Waals surface area contributed by atoms with Crippen LogP contribution in [0.5, 0.6) is 0 Å². The Morgan fingerprint density at radius 3 is 2.56 bits per heavy atom. The highest BCUT2D eigenvalue weighted by molar-refractivity contribution is 5.19. The fraction of sp³-hybridized carbons (Fsp3) is 0.667. The van der Waals surface area contributed by atoms with Gasteiger partial charge in [0, 0.05) is 30.9 Å². The van der Waals surface area contributed by atoms with Gasteiger partial charge in [0.1, 0.15) is 0 Å². The molecule has 1 rings (SSSR count). The van der Waals surface area contributed by atoms with Crippen molar-refractivity contribution in [3.05, 3.63) is 29.6 Å². The van der Waals surface area contributed by atoms with Crippen LogP contribution in [0, 0.1) is 0 Å². The first kappa shape index (κ1) is 15.1. The molecule has 1 aromatic heterocycles. The molecule has 3 nitrogen and oxygen atoms in total. The van der Waals surface area contributed by atoms with Crippen molar-refractivity contribution in [2.45, 2.75) is 59.3 Å². The van der Waals surface area contributed by atoms with Crippen LogP contribution in [0.4, 0.5) is 0 Å². The zero-order valence-electron chi connectivity index (χ0n) is 12.6. The van der Waals surface area contributed by atoms with Crippen molar-refractivity contribution in [3.63, 3.8) is 0 Å². The van der Waals surface area contributed by atoms with Gasteiger partial charge in [0.15, 0.2) is 0 Å². The minimum absolute atomic E-state index is 0.136. The van der Waals surface area contributed by atoms with Crippen LogP contribution in [0.25, 0.3) is 0 Å². The summed E-state index contributed by atoms with van der Waals surface area (Å²) < 4.78 is 0. The molecule has 0 amide bonds. The summed E-state index contributed by atoms with van der Waals surface area (Å²) in [5.74, 6) is 0. The lowest BCUT2D eigenvalue weighted by Crippen LogP contribution is -2.35. The summed E-state index contributed by atoms with van der Waals surface area (Å²) in [6.45, 7) is 12.7. The molecule has 1 heterocycles. The summed E-state index contributed by atoms with van der Waals surface area (Å²) in [6, 6.07) is 4.71. The average Bonchev–Trinajstić information content (AvgIpc) is 2.26. The normalized spacial score (nSPS) is 12.4. The van der Waals surface area contributed by atoms with Crippen molar-refractivity contribution in [3.8, 4) is 0 Å². The number of hydrogen-bond acceptors (Lipinski definition) is 3. The van der Waals surface area contributed by atoms with E-state index in [9.17, 15) is 0 Å². The van der Waals surface area contributed by atoms with E-state index in [1.807, 2.05) is 12.3 Å². The summed E-state index contributed by atoms with van der Waals surface area (Å²) in [5, 5.41) is 3.52. The third-order valence-corrected chi connectivity index (χ3v) is 3.07. The predicted octanol–water partition coefficient (Wildman–Crippen LogP) is 2.81. The van der Waals surface area contributed by atoms with Crippen molar-refractivity contribution in [2.75, 3.05) is 7.05 Å². The van der Waals surface area contributed by atoms with Crippen LogP contribution in [0.3, 0.4) is 0 Å². The minimum atomic E-state index is 0.136. The number of rotatable bonds is 5. The molecule has 18 heavy (non-hydrogen) atoms. The van der Waals surface area contributed by atoms with Crippen LogP contribution < -0.4 is 5.32 Å². The summed E-state index contributed by atoms with van der Waals surface area (Å²) in [6.07, 6.45) is 1.88. The van der Waals surface area contributed by atoms with E-state index in [1.54, 1.807) is 0 Å². The molecule has 0 aromatic carbocycles. The Kier molecular flexibility index (Phi) is 5.29. The Morgan fingerprint density at radius 1 is 1.33 bits per heavy atom. The van der Waals surface area contributed by atoms with Crippen molar-refractivity contribution < 1.29 is 0 Å². The number of aromatic nitrogens is 1. The van der Waals surface area contributed by atoms with Crippen LogP contribution in [0.1, 0.15) is 45.9 Å². The number of nitrogens with one attached hydrogen (secondary N) is 1. The molecule has 102 valence electrons. The molecule has 0 atom stereocenters. The Balaban J connectivity index is 2.73. The summed E-state index contributed by atoms with van der Waals surface area (Å²) in [5.41, 5.74) is 2.60. The Labute approximate surface area is 112 Å². The first-order chi connectivity index (χ1) is 8.29. The van der Waals surface area contributed by atoms with E-state index in [2.05, 4.69) is 62.9 Å². The van der Waals surface area contributed by atoms with E-state index in [4.69, 9.17) is 0 Å². The first-order valence-electron chi connectivity index (χ1n) is 6.67. The fourth-order valence-corrected chi connectivity index (χ4v) is 1.55. The van der Waals surface area contributed by atoms with Crippen molar-refractivity contribution in [2.24, 2.45) is 0 Å². The summed E-state index contributed by atoms with van der Waals surface area (Å²) in [7, 11) is 2.14. The first-order valence-corrected chi connectivity index (χ1v) is 6.67. The standard InChI is InChI=1S/C15H27N3/c1-12(2)18(6)11-14-13(8-7-9-16-14)10-17-15(3,4)5/h7-9,12,17H,10-11H2,1-6H3. The third kappa shape index (κ3) is 5.15. The maximum Gasteiger partial charge on any atom is 0.0588 e. The molecule has 1 aromatic rings. The van der Waals surface area contributed by atoms with E-state index in [0.717, 1.165) is 13.1 Å². The maximum absolute atomic E-state index is 4.52. The quantitative estimate of drug-likeness (QED) is 0.870. The molecule has 0 unspecified atom stereocenters. The van der Waals surface area contributed by atoms with Gasteiger partial charge in [-0.2, -0.15) is 0 Å². The number of nitrogens with zero attached hydrogens (tertiary/aromatic N) is 2. The molecule has 1 N–H and O–H groups in total. The van der Waals surface area contributed by atoms with Gasteiger partial charge in [0.05, 0.1) is 5.69 Å². The summed E-state index contributed by atoms with van der Waals surface area (Å²) >= 11 is 0. The van der Waals surface area contributed by atoms with Gasteiger partial charge in [-0.25, -0.2) is 0 Å². The van der Waals surface area contributed by atoms with Gasteiger partial charge >= 0.3 is 0 Å². The zero-order valence-corrected chi connectivity index (χ0v) is 12.6. The second-order valence-electron chi connectivity index (χ2n) is 6.22. The molecule has 0 bridgehead atoms. The van der Waals surface area contributed by atoms with Crippen LogP contribution >= 0.6 is 0 Å². The average molecular weight is 249 g/mol. The van der Waals surface area contributed by atoms with Gasteiger partial charge in [-0.15, -0.1) is 0 Å². The second-order valence-corrected chi connectivity index (χ2v) is 6.22. The van der Waals surface area contributed by atoms with Crippen LogP contribution in [0.2, 0.25) is 0 Å². The molecular formula is C15H27N3. The van der Waals surface area contributed by atoms with E-state index in [0.29, 0.717) is 6.04 Å². The monoisotopic (exact) mass is 249 g/mol. The molecule has 0 fully saturated rings. The second kappa shape index (κ2) is 6.30. The molecule has 0 aliphatic carbocycles. The molecule has 0 saturated heterocycles. The Morgan fingerprint density at radius 2 is 2.00 bits per heavy atom. The number of pyridine rings is 1. The Hall–Kier alpha value is -0.930. The van der Waals surface area contributed by atoms with E-state index in [1.165, 1.54) is 11.3 Å². The van der Waals surface area contributed by atoms with Crippen LogP contribution in [-0.4, -0.2) is 28.5 Å². The summed E-state index contributed by atoms with van der Waals surface area (Å²) in [4.78, 5) is 6.83. The van der Waals surface area contributed by atoms with Gasteiger partial charge in [0.2, 0.25) is 0 Å². The van der Waals surface area contributed by atoms with Crippen molar-refractivity contribution >= 4 is 0 Å². The van der Waals surface area contributed by atoms with Gasteiger partial charge in [-0.3, -0.25) is 9.88 Å². The van der Waals surface area contributed by atoms with Crippen LogP contribution in [0.15, 0.2) is 18.3 Å². The molecule has 0 spiro atoms. The van der Waals surface area contributed by atoms with Gasteiger partial charge < -0.3 is 5.32 Å². The fourth-order valence-electron chi connectivity index (χ4n) is 1.55. The Bertz CT molecular complexity index is 366. The van der Waals surface area contributed by atoms with Crippen molar-refractivity contribution in [1.29, 1.82) is 0 Å². The highest BCUT2D eigenvalue weighted by atomic mass is 15.1. The SMILES string of the molecule is CC(C)N(C)Cc1ncccc1CNC(C)(C)C. The lowest BCUT2D eigenvalue weighted by atomic mass is 10.1. The largest absolute Gasteiger partial charge is 0.308 e. The van der Waals surface area contributed by atoms with Crippen molar-refractivity contribution in [1.82, 2.24) is 15.2 Å². The predicted molar refractivity (Wildman–Crippen MR) is 77.4 cm³/mol. The molecule has 0 saturated carbocycles. The molecule has 3 heteroatoms.